The number of hydrogen-bond donors (Lipinski definition) is 4. The molecule has 1 aromatic heterocycles. The topological polar surface area (TPSA) is 120 Å². The summed E-state index contributed by atoms with van der Waals surface area (Å²) < 4.78 is 0. The van der Waals surface area contributed by atoms with E-state index in [1.165, 1.54) is 12.1 Å². The molecule has 3 atom stereocenters. The number of anilines is 2. The van der Waals surface area contributed by atoms with E-state index in [2.05, 4.69) is 20.9 Å². The summed E-state index contributed by atoms with van der Waals surface area (Å²) in [4.78, 5) is 41.7. The van der Waals surface area contributed by atoms with Gasteiger partial charge in [-0.25, -0.2) is 9.78 Å². The first-order chi connectivity index (χ1) is 18.3. The van der Waals surface area contributed by atoms with Crippen molar-refractivity contribution in [2.24, 2.45) is 5.92 Å². The highest BCUT2D eigenvalue weighted by Crippen LogP contribution is 2.28. The predicted octanol–water partition coefficient (Wildman–Crippen LogP) is 5.42. The van der Waals surface area contributed by atoms with Crippen molar-refractivity contribution in [2.45, 2.75) is 44.2 Å². The first-order valence-electron chi connectivity index (χ1n) is 12.3. The molecule has 10 heteroatoms. The Balaban J connectivity index is 1.33. The van der Waals surface area contributed by atoms with Crippen LogP contribution >= 0.6 is 23.2 Å². The predicted molar refractivity (Wildman–Crippen MR) is 148 cm³/mol. The lowest BCUT2D eigenvalue weighted by molar-refractivity contribution is -0.139. The molecule has 38 heavy (non-hydrogen) atoms. The Hall–Kier alpha value is -3.62. The maximum Gasteiger partial charge on any atom is 0.326 e. The normalized spacial score (nSPS) is 17.7. The van der Waals surface area contributed by atoms with Gasteiger partial charge in [0.05, 0.1) is 15.6 Å². The zero-order valence-corrected chi connectivity index (χ0v) is 22.0. The van der Waals surface area contributed by atoms with Gasteiger partial charge in [-0.05, 0) is 61.2 Å². The Morgan fingerprint density at radius 3 is 2.37 bits per heavy atom. The van der Waals surface area contributed by atoms with Crippen LogP contribution in [0.25, 0.3) is 0 Å². The van der Waals surface area contributed by atoms with Gasteiger partial charge in [-0.3, -0.25) is 9.59 Å². The summed E-state index contributed by atoms with van der Waals surface area (Å²) in [5, 5.41) is 18.8. The number of aromatic nitrogens is 1. The lowest BCUT2D eigenvalue weighted by Crippen LogP contribution is -2.42. The average molecular weight is 555 g/mol. The van der Waals surface area contributed by atoms with Crippen LogP contribution in [0.3, 0.4) is 0 Å². The largest absolute Gasteiger partial charge is 0.480 e. The molecule has 3 aromatic rings. The van der Waals surface area contributed by atoms with E-state index < -0.39 is 17.9 Å². The van der Waals surface area contributed by atoms with Gasteiger partial charge in [-0.2, -0.15) is 0 Å². The monoisotopic (exact) mass is 554 g/mol. The number of carboxylic acid groups (broad SMARTS) is 1. The number of benzene rings is 2. The van der Waals surface area contributed by atoms with Crippen LogP contribution in [0.1, 0.15) is 41.6 Å². The Morgan fingerprint density at radius 1 is 0.974 bits per heavy atom. The van der Waals surface area contributed by atoms with Gasteiger partial charge in [0.2, 0.25) is 5.91 Å². The number of carbonyl (C=O) groups excluding carboxylic acids is 2. The Morgan fingerprint density at radius 2 is 1.71 bits per heavy atom. The van der Waals surface area contributed by atoms with Gasteiger partial charge >= 0.3 is 5.97 Å². The van der Waals surface area contributed by atoms with Crippen molar-refractivity contribution < 1.29 is 19.5 Å². The number of aliphatic carboxylic acids is 1. The molecule has 198 valence electrons. The molecule has 1 fully saturated rings. The number of amides is 2. The van der Waals surface area contributed by atoms with Crippen molar-refractivity contribution in [1.82, 2.24) is 10.3 Å². The van der Waals surface area contributed by atoms with Crippen LogP contribution in [0.2, 0.25) is 10.0 Å². The summed E-state index contributed by atoms with van der Waals surface area (Å²) in [5.74, 6) is -1.21. The minimum absolute atomic E-state index is 0.0281. The number of nitrogens with zero attached hydrogens (tertiary/aromatic N) is 1. The fraction of sp³-hybridized carbons (Fsp3) is 0.286. The molecule has 0 bridgehead atoms. The van der Waals surface area contributed by atoms with Crippen LogP contribution in [0.15, 0.2) is 66.9 Å². The first kappa shape index (κ1) is 27.4. The van der Waals surface area contributed by atoms with Gasteiger partial charge in [0.15, 0.2) is 0 Å². The molecule has 8 nitrogen and oxygen atoms in total. The van der Waals surface area contributed by atoms with E-state index in [9.17, 15) is 19.5 Å². The third-order valence-electron chi connectivity index (χ3n) is 6.52. The SMILES string of the molecule is O=C(N[C@@H](Cc1ccc(NC(=O)[C@@H]2CCC[C@@H](Nc3ccccn3)C2)cc1)C(=O)O)c1c(Cl)cccc1Cl. The van der Waals surface area contributed by atoms with Crippen LogP contribution in [-0.2, 0) is 16.0 Å². The third-order valence-corrected chi connectivity index (χ3v) is 7.15. The molecule has 0 radical (unpaired) electrons. The number of halogens is 2. The van der Waals surface area contributed by atoms with Crippen LogP contribution in [0.5, 0.6) is 0 Å². The van der Waals surface area contributed by atoms with Crippen molar-refractivity contribution in [1.29, 1.82) is 0 Å². The summed E-state index contributed by atoms with van der Waals surface area (Å²) in [6.45, 7) is 0. The summed E-state index contributed by atoms with van der Waals surface area (Å²) >= 11 is 12.1. The third kappa shape index (κ3) is 7.24. The summed E-state index contributed by atoms with van der Waals surface area (Å²) in [6.07, 6.45) is 5.25. The molecule has 0 spiro atoms. The summed E-state index contributed by atoms with van der Waals surface area (Å²) in [7, 11) is 0. The quantitative estimate of drug-likeness (QED) is 0.280. The number of pyridine rings is 1. The van der Waals surface area contributed by atoms with Gasteiger partial charge < -0.3 is 21.1 Å². The van der Waals surface area contributed by atoms with Gasteiger partial charge in [-0.15, -0.1) is 0 Å². The molecule has 1 heterocycles. The minimum Gasteiger partial charge on any atom is -0.480 e. The highest BCUT2D eigenvalue weighted by Gasteiger charge is 2.28. The fourth-order valence-electron chi connectivity index (χ4n) is 4.57. The molecule has 0 saturated heterocycles. The molecule has 0 aliphatic heterocycles. The molecule has 0 unspecified atom stereocenters. The maximum atomic E-state index is 12.9. The Labute approximate surface area is 230 Å². The van der Waals surface area contributed by atoms with E-state index in [0.717, 1.165) is 31.5 Å². The van der Waals surface area contributed by atoms with E-state index in [-0.39, 0.29) is 39.9 Å². The van der Waals surface area contributed by atoms with E-state index in [1.807, 2.05) is 18.2 Å². The molecular formula is C28H28Cl2N4O4. The zero-order valence-electron chi connectivity index (χ0n) is 20.5. The first-order valence-corrected chi connectivity index (χ1v) is 13.1. The zero-order chi connectivity index (χ0) is 27.1. The van der Waals surface area contributed by atoms with Crippen LogP contribution in [0, 0.1) is 5.92 Å². The van der Waals surface area contributed by atoms with Crippen molar-refractivity contribution in [3.63, 3.8) is 0 Å². The second-order valence-corrected chi connectivity index (χ2v) is 10.1. The molecule has 1 aliphatic rings. The van der Waals surface area contributed by atoms with Crippen molar-refractivity contribution >= 4 is 52.5 Å². The van der Waals surface area contributed by atoms with Gasteiger partial charge in [0.1, 0.15) is 11.9 Å². The number of carbonyl (C=O) groups is 3. The molecule has 1 saturated carbocycles. The molecule has 4 N–H and O–H groups in total. The number of nitrogens with one attached hydrogen (secondary N) is 3. The van der Waals surface area contributed by atoms with Gasteiger partial charge in [-0.1, -0.05) is 53.9 Å². The van der Waals surface area contributed by atoms with E-state index in [0.29, 0.717) is 11.3 Å². The van der Waals surface area contributed by atoms with E-state index in [4.69, 9.17) is 23.2 Å². The van der Waals surface area contributed by atoms with E-state index in [1.54, 1.807) is 36.5 Å². The molecular weight excluding hydrogens is 527 g/mol. The average Bonchev–Trinajstić information content (AvgIpc) is 2.90. The maximum absolute atomic E-state index is 12.9. The molecule has 2 aromatic carbocycles. The number of carboxylic acids is 1. The second-order valence-electron chi connectivity index (χ2n) is 9.27. The van der Waals surface area contributed by atoms with Gasteiger partial charge in [0.25, 0.3) is 5.91 Å². The summed E-state index contributed by atoms with van der Waals surface area (Å²) in [5.41, 5.74) is 1.33. The fourth-order valence-corrected chi connectivity index (χ4v) is 5.13. The molecule has 2 amide bonds. The highest BCUT2D eigenvalue weighted by molar-refractivity contribution is 6.39. The smallest absolute Gasteiger partial charge is 0.326 e. The van der Waals surface area contributed by atoms with Crippen molar-refractivity contribution in [2.75, 3.05) is 10.6 Å². The summed E-state index contributed by atoms with van der Waals surface area (Å²) in [6, 6.07) is 16.2. The lowest BCUT2D eigenvalue weighted by atomic mass is 9.85. The minimum atomic E-state index is -1.19. The van der Waals surface area contributed by atoms with Crippen molar-refractivity contribution in [3.8, 4) is 0 Å². The second kappa shape index (κ2) is 12.8. The van der Waals surface area contributed by atoms with Crippen molar-refractivity contribution in [3.05, 3.63) is 88.0 Å². The van der Waals surface area contributed by atoms with Crippen LogP contribution in [0.4, 0.5) is 11.5 Å². The standard InChI is InChI=1S/C28H28Cl2N4O4/c29-21-7-4-8-22(30)25(21)27(36)34-23(28(37)38)15-17-10-12-19(13-11-17)33-26(35)18-5-3-6-20(16-18)32-24-9-1-2-14-31-24/h1-2,4,7-14,18,20,23H,3,5-6,15-16H2,(H,31,32)(H,33,35)(H,34,36)(H,37,38)/t18-,20-,23+/m1/s1. The number of hydrogen-bond acceptors (Lipinski definition) is 5. The molecule has 4 rings (SSSR count). The van der Waals surface area contributed by atoms with E-state index >= 15 is 0 Å². The van der Waals surface area contributed by atoms with Crippen LogP contribution < -0.4 is 16.0 Å². The lowest BCUT2D eigenvalue weighted by Gasteiger charge is -2.29. The molecule has 1 aliphatic carbocycles. The Kier molecular flexibility index (Phi) is 9.20. The van der Waals surface area contributed by atoms with Crippen LogP contribution in [-0.4, -0.2) is 40.0 Å². The Bertz CT molecular complexity index is 1270. The van der Waals surface area contributed by atoms with Gasteiger partial charge in [0, 0.05) is 30.3 Å². The highest BCUT2D eigenvalue weighted by atomic mass is 35.5. The number of rotatable bonds is 9.